The van der Waals surface area contributed by atoms with Crippen LogP contribution < -0.4 is 0 Å². The van der Waals surface area contributed by atoms with Crippen LogP contribution in [0.4, 0.5) is 8.78 Å². The van der Waals surface area contributed by atoms with Crippen molar-refractivity contribution in [1.29, 1.82) is 0 Å². The average Bonchev–Trinajstić information content (AvgIpc) is 3.00. The summed E-state index contributed by atoms with van der Waals surface area (Å²) in [5, 5.41) is 16.0. The first-order chi connectivity index (χ1) is 21.2. The zero-order valence-electron chi connectivity index (χ0n) is 24.8. The van der Waals surface area contributed by atoms with E-state index in [2.05, 4.69) is 42.5 Å². The van der Waals surface area contributed by atoms with E-state index in [1.54, 1.807) is 25.3 Å². The van der Waals surface area contributed by atoms with Crippen molar-refractivity contribution >= 4 is 48.9 Å². The number of fused-ring (bicyclic) bond motifs is 5. The van der Waals surface area contributed by atoms with Crippen molar-refractivity contribution in [2.24, 2.45) is 0 Å². The summed E-state index contributed by atoms with van der Waals surface area (Å²) < 4.78 is 28.9. The van der Waals surface area contributed by atoms with E-state index >= 15 is 0 Å². The molecule has 0 amide bonds. The minimum absolute atomic E-state index is 0. The second-order valence-corrected chi connectivity index (χ2v) is 10.9. The number of aliphatic hydroxyl groups excluding tert-OH is 1. The molecule has 0 atom stereocenters. The van der Waals surface area contributed by atoms with Crippen LogP contribution in [0.25, 0.3) is 65.5 Å². The molecule has 1 aromatic heterocycles. The Labute approximate surface area is 273 Å². The van der Waals surface area contributed by atoms with Crippen molar-refractivity contribution in [3.63, 3.8) is 0 Å². The molecular formula is C39H28F2IrNO2-. The van der Waals surface area contributed by atoms with Crippen LogP contribution in [0.15, 0.2) is 115 Å². The molecule has 225 valence electrons. The van der Waals surface area contributed by atoms with Crippen LogP contribution in [-0.2, 0) is 24.9 Å². The van der Waals surface area contributed by atoms with Gasteiger partial charge in [-0.3, -0.25) is 4.79 Å². The van der Waals surface area contributed by atoms with Crippen LogP contribution in [0.1, 0.15) is 19.4 Å². The van der Waals surface area contributed by atoms with Crippen LogP contribution in [0.5, 0.6) is 0 Å². The number of pyridine rings is 1. The van der Waals surface area contributed by atoms with E-state index in [-0.39, 0.29) is 43.3 Å². The quantitative estimate of drug-likeness (QED) is 0.0842. The smallest absolute Gasteiger partial charge is 0.155 e. The molecule has 6 heteroatoms. The third-order valence-electron chi connectivity index (χ3n) is 7.62. The number of nitrogens with zero attached hydrogens (tertiary/aromatic N) is 1. The first-order valence-corrected chi connectivity index (χ1v) is 14.2. The van der Waals surface area contributed by atoms with Gasteiger partial charge < -0.3 is 10.1 Å². The Balaban J connectivity index is 0.000000452. The van der Waals surface area contributed by atoms with Gasteiger partial charge in [-0.2, -0.15) is 0 Å². The third-order valence-corrected chi connectivity index (χ3v) is 7.62. The van der Waals surface area contributed by atoms with E-state index in [4.69, 9.17) is 10.1 Å². The molecule has 7 aromatic rings. The number of aryl methyl sites for hydroxylation is 1. The molecule has 0 fully saturated rings. The van der Waals surface area contributed by atoms with E-state index in [1.165, 1.54) is 26.0 Å². The van der Waals surface area contributed by atoms with Gasteiger partial charge in [0.1, 0.15) is 11.6 Å². The summed E-state index contributed by atoms with van der Waals surface area (Å²) in [4.78, 5) is 14.7. The molecule has 6 aromatic carbocycles. The van der Waals surface area contributed by atoms with Crippen molar-refractivity contribution in [2.45, 2.75) is 20.8 Å². The minimum Gasteiger partial charge on any atom is -0.512 e. The van der Waals surface area contributed by atoms with Crippen LogP contribution >= 0.6 is 0 Å². The molecule has 0 saturated heterocycles. The number of halogens is 2. The molecule has 0 aliphatic carbocycles. The number of carbonyl (C=O) groups excluding carboxylic acids is 1. The van der Waals surface area contributed by atoms with Crippen molar-refractivity contribution < 1.29 is 38.8 Å². The number of rotatable bonds is 3. The van der Waals surface area contributed by atoms with Crippen LogP contribution in [0.3, 0.4) is 0 Å². The molecule has 0 saturated carbocycles. The van der Waals surface area contributed by atoms with Gasteiger partial charge in [-0.1, -0.05) is 65.4 Å². The number of allylic oxidation sites excluding steroid dienone is 2. The Morgan fingerprint density at radius 3 is 2.29 bits per heavy atom. The van der Waals surface area contributed by atoms with E-state index in [0.29, 0.717) is 5.56 Å². The van der Waals surface area contributed by atoms with Gasteiger partial charge in [-0.05, 0) is 106 Å². The molecular weight excluding hydrogens is 745 g/mol. The Hall–Kier alpha value is -4.77. The zero-order chi connectivity index (χ0) is 31.0. The van der Waals surface area contributed by atoms with Gasteiger partial charge in [0.2, 0.25) is 0 Å². The number of carbonyl (C=O) groups is 1. The number of benzene rings is 6. The molecule has 0 aliphatic heterocycles. The van der Waals surface area contributed by atoms with Gasteiger partial charge in [-0.15, -0.1) is 23.8 Å². The Morgan fingerprint density at radius 2 is 1.56 bits per heavy atom. The van der Waals surface area contributed by atoms with E-state index in [9.17, 15) is 13.6 Å². The summed E-state index contributed by atoms with van der Waals surface area (Å²) in [6.07, 6.45) is 2.91. The number of ketones is 1. The van der Waals surface area contributed by atoms with Crippen LogP contribution in [0.2, 0.25) is 0 Å². The van der Waals surface area contributed by atoms with Crippen LogP contribution in [-0.4, -0.2) is 15.9 Å². The monoisotopic (exact) mass is 773 g/mol. The van der Waals surface area contributed by atoms with E-state index in [0.717, 1.165) is 65.5 Å². The zero-order valence-corrected chi connectivity index (χ0v) is 27.2. The molecule has 0 aliphatic rings. The molecule has 7 rings (SSSR count). The number of hydrogen-bond donors (Lipinski definition) is 1. The van der Waals surface area contributed by atoms with Crippen molar-refractivity contribution in [1.82, 2.24) is 4.98 Å². The van der Waals surface area contributed by atoms with Crippen molar-refractivity contribution in [3.05, 3.63) is 138 Å². The van der Waals surface area contributed by atoms with Gasteiger partial charge in [0, 0.05) is 32.4 Å². The third kappa shape index (κ3) is 6.53. The average molecular weight is 773 g/mol. The fraction of sp³-hybridized carbons (Fsp3) is 0.0769. The molecule has 1 N–H and O–H groups in total. The van der Waals surface area contributed by atoms with Gasteiger partial charge in [-0.25, -0.2) is 8.78 Å². The fourth-order valence-electron chi connectivity index (χ4n) is 5.61. The molecule has 45 heavy (non-hydrogen) atoms. The molecule has 1 heterocycles. The summed E-state index contributed by atoms with van der Waals surface area (Å²) in [5.74, 6) is -0.589. The van der Waals surface area contributed by atoms with E-state index < -0.39 is 0 Å². The van der Waals surface area contributed by atoms with Gasteiger partial charge >= 0.3 is 0 Å². The molecule has 0 unspecified atom stereocenters. The maximum absolute atomic E-state index is 14.5. The summed E-state index contributed by atoms with van der Waals surface area (Å²) in [6.45, 7) is 4.61. The van der Waals surface area contributed by atoms with Crippen molar-refractivity contribution in [2.75, 3.05) is 0 Å². The Morgan fingerprint density at radius 1 is 0.778 bits per heavy atom. The largest absolute Gasteiger partial charge is 0.512 e. The van der Waals surface area contributed by atoms with Crippen molar-refractivity contribution in [3.8, 4) is 22.4 Å². The number of aliphatic hydroxyl groups is 1. The molecule has 3 nitrogen and oxygen atoms in total. The molecule has 0 spiro atoms. The second-order valence-electron chi connectivity index (χ2n) is 10.9. The minimum atomic E-state index is -0.286. The predicted octanol–water partition coefficient (Wildman–Crippen LogP) is 10.4. The fourth-order valence-corrected chi connectivity index (χ4v) is 5.61. The molecule has 0 bridgehead atoms. The Kier molecular flexibility index (Phi) is 9.19. The SMILES string of the molecule is CC(=O)/C=C(/C)O.Cc1cc2c[c-]c(-c3nccc4c3cc(-c3ccc5ccccc5c3)c3ccc(F)cc34)cc2cc1F.[Ir]. The Bertz CT molecular complexity index is 2270. The van der Waals surface area contributed by atoms with Crippen LogP contribution in [0, 0.1) is 24.6 Å². The number of hydrogen-bond acceptors (Lipinski definition) is 3. The normalized spacial score (nSPS) is 11.4. The van der Waals surface area contributed by atoms with Gasteiger partial charge in [0.15, 0.2) is 5.78 Å². The second kappa shape index (κ2) is 13.1. The molecule has 1 radical (unpaired) electrons. The standard InChI is InChI=1S/C34H20F2N.C5H8O2.Ir/c1-20-14-23-7-9-25(16-26(23)17-33(20)36)34-32-19-30(24-8-6-21-4-2-3-5-22(21)15-24)28-11-10-27(35)18-31(28)29(32)12-13-37-34;1-4(6)3-5(2)7;/h2-8,10-19H,1H3;3,6H,1-2H3;/q-1;;/b;4-3-;. The maximum atomic E-state index is 14.5. The summed E-state index contributed by atoms with van der Waals surface area (Å²) in [5.41, 5.74) is 4.15. The predicted molar refractivity (Wildman–Crippen MR) is 176 cm³/mol. The summed E-state index contributed by atoms with van der Waals surface area (Å²) in [6, 6.07) is 34.2. The van der Waals surface area contributed by atoms with Gasteiger partial charge in [0.25, 0.3) is 0 Å². The van der Waals surface area contributed by atoms with Gasteiger partial charge in [0.05, 0.1) is 5.76 Å². The summed E-state index contributed by atoms with van der Waals surface area (Å²) >= 11 is 0. The topological polar surface area (TPSA) is 50.2 Å². The first kappa shape index (κ1) is 31.6. The summed E-state index contributed by atoms with van der Waals surface area (Å²) in [7, 11) is 0. The van der Waals surface area contributed by atoms with E-state index in [1.807, 2.05) is 42.5 Å². The first-order valence-electron chi connectivity index (χ1n) is 14.2. The maximum Gasteiger partial charge on any atom is 0.155 e. The number of aromatic nitrogens is 1.